The lowest BCUT2D eigenvalue weighted by atomic mass is 10.3. The lowest BCUT2D eigenvalue weighted by Gasteiger charge is -2.20. The molecular formula is C6H15N3O2. The minimum atomic E-state index is 0.0587. The van der Waals surface area contributed by atoms with Gasteiger partial charge in [0.25, 0.3) is 0 Å². The first-order valence-electron chi connectivity index (χ1n) is 3.72. The van der Waals surface area contributed by atoms with Crippen molar-refractivity contribution in [2.24, 2.45) is 5.28 Å². The summed E-state index contributed by atoms with van der Waals surface area (Å²) in [4.78, 5) is 0.216. The Morgan fingerprint density at radius 3 is 2.45 bits per heavy atom. The molecule has 0 aliphatic heterocycles. The third-order valence-electron chi connectivity index (χ3n) is 1.35. The zero-order chi connectivity index (χ0) is 8.85. The van der Waals surface area contributed by atoms with E-state index in [1.165, 1.54) is 5.01 Å². The van der Waals surface area contributed by atoms with E-state index in [2.05, 4.69) is 5.28 Å². The molecule has 11 heavy (non-hydrogen) atoms. The monoisotopic (exact) mass is 161 g/mol. The standard InChI is InChI=1S/C6H15N3O2/c1-4-5-8(6(2)3)9(11)7-10/h6,10H,4-5H2,1-3H3. The number of rotatable bonds is 4. The molecule has 0 rings (SSSR count). The van der Waals surface area contributed by atoms with E-state index in [-0.39, 0.29) is 11.0 Å². The van der Waals surface area contributed by atoms with Gasteiger partial charge in [-0.3, -0.25) is 0 Å². The van der Waals surface area contributed by atoms with Crippen molar-refractivity contribution in [2.45, 2.75) is 33.2 Å². The number of nitrogens with zero attached hydrogens (tertiary/aromatic N) is 3. The average Bonchev–Trinajstić information content (AvgIpc) is 1.98. The molecule has 0 bridgehead atoms. The second-order valence-electron chi connectivity index (χ2n) is 2.60. The summed E-state index contributed by atoms with van der Waals surface area (Å²) in [6.07, 6.45) is 0.854. The van der Waals surface area contributed by atoms with Crippen LogP contribution in [0.5, 0.6) is 0 Å². The van der Waals surface area contributed by atoms with Crippen LogP contribution in [-0.4, -0.2) is 27.8 Å². The van der Waals surface area contributed by atoms with Crippen LogP contribution in [-0.2, 0) is 0 Å². The van der Waals surface area contributed by atoms with Crippen LogP contribution >= 0.6 is 0 Å². The van der Waals surface area contributed by atoms with E-state index < -0.39 is 0 Å². The lowest BCUT2D eigenvalue weighted by molar-refractivity contribution is -0.716. The highest BCUT2D eigenvalue weighted by Crippen LogP contribution is 1.99. The van der Waals surface area contributed by atoms with Crippen LogP contribution in [0.4, 0.5) is 0 Å². The first kappa shape index (κ1) is 10.0. The first-order chi connectivity index (χ1) is 5.13. The highest BCUT2D eigenvalue weighted by Gasteiger charge is 2.15. The van der Waals surface area contributed by atoms with Gasteiger partial charge in [-0.1, -0.05) is 6.92 Å². The Morgan fingerprint density at radius 2 is 2.18 bits per heavy atom. The summed E-state index contributed by atoms with van der Waals surface area (Å²) in [5, 5.41) is 22.9. The maximum atomic E-state index is 10.8. The van der Waals surface area contributed by atoms with Gasteiger partial charge in [-0.05, 0) is 20.3 Å². The summed E-state index contributed by atoms with van der Waals surface area (Å²) in [5.41, 5.74) is 0. The van der Waals surface area contributed by atoms with Crippen LogP contribution in [0.1, 0.15) is 27.2 Å². The number of hydrogen-bond donors (Lipinski definition) is 1. The second-order valence-corrected chi connectivity index (χ2v) is 2.60. The van der Waals surface area contributed by atoms with Gasteiger partial charge in [0, 0.05) is 0 Å². The first-order valence-corrected chi connectivity index (χ1v) is 3.72. The third kappa shape index (κ3) is 3.06. The highest BCUT2D eigenvalue weighted by atomic mass is 16.6. The smallest absolute Gasteiger partial charge is 0.230 e. The summed E-state index contributed by atoms with van der Waals surface area (Å²) < 4.78 is 0. The molecule has 0 heterocycles. The Bertz CT molecular complexity index is 136. The quantitative estimate of drug-likeness (QED) is 0.385. The molecule has 5 heteroatoms. The van der Waals surface area contributed by atoms with Crippen molar-refractivity contribution in [1.29, 1.82) is 0 Å². The fourth-order valence-electron chi connectivity index (χ4n) is 0.822. The Kier molecular flexibility index (Phi) is 4.33. The Hall–Kier alpha value is -1.00. The van der Waals surface area contributed by atoms with Crippen molar-refractivity contribution >= 4 is 0 Å². The van der Waals surface area contributed by atoms with Crippen LogP contribution in [0.25, 0.3) is 0 Å². The SMILES string of the molecule is CCCN(C(C)C)[N+]([O-])=NO. The molecule has 0 saturated heterocycles. The van der Waals surface area contributed by atoms with Crippen molar-refractivity contribution in [3.8, 4) is 0 Å². The summed E-state index contributed by atoms with van der Waals surface area (Å²) in [6, 6.07) is 0.0587. The Balaban J connectivity index is 4.10. The van der Waals surface area contributed by atoms with E-state index in [9.17, 15) is 5.21 Å². The van der Waals surface area contributed by atoms with Gasteiger partial charge >= 0.3 is 0 Å². The van der Waals surface area contributed by atoms with E-state index in [1.807, 2.05) is 20.8 Å². The van der Waals surface area contributed by atoms with Gasteiger partial charge in [-0.15, -0.1) is 5.01 Å². The van der Waals surface area contributed by atoms with Gasteiger partial charge in [0.2, 0.25) is 5.28 Å². The lowest BCUT2D eigenvalue weighted by Crippen LogP contribution is -2.37. The van der Waals surface area contributed by atoms with Crippen LogP contribution < -0.4 is 0 Å². The van der Waals surface area contributed by atoms with E-state index in [4.69, 9.17) is 5.21 Å². The zero-order valence-electron chi connectivity index (χ0n) is 7.19. The minimum absolute atomic E-state index is 0.0587. The fraction of sp³-hybridized carbons (Fsp3) is 1.00. The van der Waals surface area contributed by atoms with Gasteiger partial charge in [0.1, 0.15) is 0 Å². The molecule has 0 aliphatic rings. The van der Waals surface area contributed by atoms with Crippen molar-refractivity contribution in [2.75, 3.05) is 6.54 Å². The largest absolute Gasteiger partial charge is 0.569 e. The molecule has 0 aromatic rings. The molecule has 1 N–H and O–H groups in total. The summed E-state index contributed by atoms with van der Waals surface area (Å²) >= 11 is 0. The molecule has 0 aliphatic carbocycles. The number of hydrazine groups is 1. The molecule has 0 unspecified atom stereocenters. The molecule has 0 amide bonds. The highest BCUT2D eigenvalue weighted by molar-refractivity contribution is 4.48. The van der Waals surface area contributed by atoms with E-state index >= 15 is 0 Å². The van der Waals surface area contributed by atoms with Gasteiger partial charge in [0.05, 0.1) is 17.6 Å². The van der Waals surface area contributed by atoms with Gasteiger partial charge < -0.3 is 10.4 Å². The van der Waals surface area contributed by atoms with Crippen LogP contribution in [0.2, 0.25) is 0 Å². The van der Waals surface area contributed by atoms with Gasteiger partial charge in [0.15, 0.2) is 0 Å². The molecular weight excluding hydrogens is 146 g/mol. The normalized spacial score (nSPS) is 12.2. The summed E-state index contributed by atoms with van der Waals surface area (Å²) in [6.45, 7) is 6.29. The maximum absolute atomic E-state index is 10.8. The van der Waals surface area contributed by atoms with E-state index in [0.29, 0.717) is 6.54 Å². The Labute approximate surface area is 66.4 Å². The molecule has 0 atom stereocenters. The van der Waals surface area contributed by atoms with Gasteiger partial charge in [-0.2, -0.15) is 0 Å². The second kappa shape index (κ2) is 4.76. The molecule has 0 radical (unpaired) electrons. The topological polar surface area (TPSA) is 61.9 Å². The Morgan fingerprint density at radius 1 is 1.64 bits per heavy atom. The predicted octanol–water partition coefficient (Wildman–Crippen LogP) is 1.37. The molecule has 5 nitrogen and oxygen atoms in total. The summed E-state index contributed by atoms with van der Waals surface area (Å²) in [5.74, 6) is 0. The zero-order valence-corrected chi connectivity index (χ0v) is 7.19. The summed E-state index contributed by atoms with van der Waals surface area (Å²) in [7, 11) is 0. The van der Waals surface area contributed by atoms with E-state index in [0.717, 1.165) is 6.42 Å². The maximum Gasteiger partial charge on any atom is 0.230 e. The molecule has 0 spiro atoms. The molecule has 66 valence electrons. The molecule has 0 aromatic heterocycles. The van der Waals surface area contributed by atoms with Crippen LogP contribution in [0, 0.1) is 5.21 Å². The van der Waals surface area contributed by atoms with Crippen molar-refractivity contribution < 1.29 is 10.2 Å². The predicted molar refractivity (Wildman–Crippen MR) is 40.0 cm³/mol. The van der Waals surface area contributed by atoms with Crippen molar-refractivity contribution in [1.82, 2.24) is 5.01 Å². The average molecular weight is 161 g/mol. The molecule has 0 saturated carbocycles. The van der Waals surface area contributed by atoms with Crippen LogP contribution in [0.15, 0.2) is 5.28 Å². The van der Waals surface area contributed by atoms with Crippen molar-refractivity contribution in [3.63, 3.8) is 0 Å². The van der Waals surface area contributed by atoms with Crippen LogP contribution in [0.3, 0.4) is 0 Å². The van der Waals surface area contributed by atoms with E-state index in [1.54, 1.807) is 0 Å². The van der Waals surface area contributed by atoms with Gasteiger partial charge in [-0.25, -0.2) is 0 Å². The third-order valence-corrected chi connectivity index (χ3v) is 1.35. The molecule has 0 aromatic carbocycles. The minimum Gasteiger partial charge on any atom is -0.569 e. The van der Waals surface area contributed by atoms with Crippen molar-refractivity contribution in [3.05, 3.63) is 5.21 Å². The number of hydrogen-bond acceptors (Lipinski definition) is 2. The fourth-order valence-corrected chi connectivity index (χ4v) is 0.822. The molecule has 0 fully saturated rings.